The first-order valence-corrected chi connectivity index (χ1v) is 14.8. The van der Waals surface area contributed by atoms with E-state index in [1.54, 1.807) is 54.3 Å². The summed E-state index contributed by atoms with van der Waals surface area (Å²) in [7, 11) is 0. The summed E-state index contributed by atoms with van der Waals surface area (Å²) >= 11 is 19.7. The highest BCUT2D eigenvalue weighted by Gasteiger charge is 2.34. The summed E-state index contributed by atoms with van der Waals surface area (Å²) in [5.74, 6) is 0.474. The summed E-state index contributed by atoms with van der Waals surface area (Å²) in [6, 6.07) is 12.2. The summed E-state index contributed by atoms with van der Waals surface area (Å²) in [5, 5.41) is 11.7. The van der Waals surface area contributed by atoms with Gasteiger partial charge in [0.2, 0.25) is 0 Å². The highest BCUT2D eigenvalue weighted by atomic mass is 35.5. The van der Waals surface area contributed by atoms with Crippen molar-refractivity contribution in [3.63, 3.8) is 0 Å². The molecule has 1 atom stereocenters. The van der Waals surface area contributed by atoms with Gasteiger partial charge in [0.25, 0.3) is 17.2 Å². The molecule has 3 heterocycles. The van der Waals surface area contributed by atoms with Crippen LogP contribution in [-0.4, -0.2) is 33.4 Å². The maximum absolute atomic E-state index is 13.9. The number of hydrogen-bond donors (Lipinski definition) is 0. The molecule has 1 aliphatic heterocycles. The van der Waals surface area contributed by atoms with Gasteiger partial charge in [0.05, 0.1) is 31.8 Å². The van der Waals surface area contributed by atoms with Gasteiger partial charge in [-0.05, 0) is 56.7 Å². The summed E-state index contributed by atoms with van der Waals surface area (Å²) < 4.78 is 7.80. The van der Waals surface area contributed by atoms with Crippen molar-refractivity contribution in [1.29, 1.82) is 0 Å². The van der Waals surface area contributed by atoms with Crippen LogP contribution in [0.25, 0.3) is 17.4 Å². The molecule has 0 saturated heterocycles. The van der Waals surface area contributed by atoms with Crippen molar-refractivity contribution in [2.24, 2.45) is 4.99 Å². The molecular formula is C29H23Cl3N4O5S. The molecule has 0 aliphatic carbocycles. The van der Waals surface area contributed by atoms with Crippen molar-refractivity contribution < 1.29 is 14.1 Å². The predicted octanol–water partition coefficient (Wildman–Crippen LogP) is 6.23. The molecule has 2 aromatic heterocycles. The highest BCUT2D eigenvalue weighted by Crippen LogP contribution is 2.37. The second-order valence-corrected chi connectivity index (χ2v) is 11.6. The molecule has 0 saturated carbocycles. The van der Waals surface area contributed by atoms with E-state index in [0.29, 0.717) is 55.8 Å². The number of rotatable bonds is 7. The van der Waals surface area contributed by atoms with E-state index in [0.717, 1.165) is 11.6 Å². The van der Waals surface area contributed by atoms with E-state index >= 15 is 0 Å². The summed E-state index contributed by atoms with van der Waals surface area (Å²) in [4.78, 5) is 44.9. The van der Waals surface area contributed by atoms with E-state index in [9.17, 15) is 19.7 Å². The van der Waals surface area contributed by atoms with Crippen molar-refractivity contribution in [2.75, 3.05) is 13.1 Å². The number of furan rings is 1. The molecule has 1 aliphatic rings. The summed E-state index contributed by atoms with van der Waals surface area (Å²) in [6.07, 6.45) is 1.58. The Morgan fingerprint density at radius 1 is 1.12 bits per heavy atom. The normalized spacial score (nSPS) is 15.0. The Labute approximate surface area is 258 Å². The molecule has 4 aromatic rings. The van der Waals surface area contributed by atoms with Crippen LogP contribution in [0.3, 0.4) is 0 Å². The minimum absolute atomic E-state index is 0.0849. The molecule has 1 amide bonds. The highest BCUT2D eigenvalue weighted by molar-refractivity contribution is 7.07. The van der Waals surface area contributed by atoms with Gasteiger partial charge < -0.3 is 9.32 Å². The zero-order valence-electron chi connectivity index (χ0n) is 22.6. The lowest BCUT2D eigenvalue weighted by Crippen LogP contribution is -2.43. The second kappa shape index (κ2) is 11.9. The monoisotopic (exact) mass is 644 g/mol. The van der Waals surface area contributed by atoms with Crippen LogP contribution < -0.4 is 14.9 Å². The zero-order valence-corrected chi connectivity index (χ0v) is 25.6. The quantitative estimate of drug-likeness (QED) is 0.175. The molecule has 0 N–H and O–H groups in total. The number of aromatic nitrogens is 1. The van der Waals surface area contributed by atoms with Gasteiger partial charge in [0.1, 0.15) is 16.5 Å². The number of likely N-dealkylation sites (N-methyl/N-ethyl adjacent to an activating group) is 1. The van der Waals surface area contributed by atoms with Crippen LogP contribution >= 0.6 is 46.1 Å². The smallest absolute Gasteiger partial charge is 0.289 e. The average molecular weight is 646 g/mol. The van der Waals surface area contributed by atoms with Crippen molar-refractivity contribution >= 4 is 63.8 Å². The molecule has 0 fully saturated rings. The van der Waals surface area contributed by atoms with Crippen LogP contribution in [0.1, 0.15) is 38.1 Å². The third-order valence-corrected chi connectivity index (χ3v) is 8.74. The van der Waals surface area contributed by atoms with E-state index in [2.05, 4.69) is 4.99 Å². The van der Waals surface area contributed by atoms with Gasteiger partial charge in [-0.2, -0.15) is 0 Å². The van der Waals surface area contributed by atoms with Crippen molar-refractivity contribution in [2.45, 2.75) is 26.8 Å². The molecule has 2 aromatic carbocycles. The number of fused-ring (bicyclic) bond motifs is 1. The number of amides is 1. The number of thiazole rings is 1. The number of benzene rings is 2. The number of allylic oxidation sites excluding steroid dienone is 1. The summed E-state index contributed by atoms with van der Waals surface area (Å²) in [5.41, 5.74) is 1.39. The lowest BCUT2D eigenvalue weighted by atomic mass is 9.94. The fourth-order valence-electron chi connectivity index (χ4n) is 4.81. The average Bonchev–Trinajstić information content (AvgIpc) is 3.54. The van der Waals surface area contributed by atoms with E-state index in [4.69, 9.17) is 39.2 Å². The van der Waals surface area contributed by atoms with Gasteiger partial charge in [0.15, 0.2) is 4.80 Å². The SMILES string of the molecule is CCN(CC)C(=O)C1=C(C)N=c2s/c(=C/c3ccc(-c4cc(Cl)c([N+](=O)[O-])cc4Cl)o3)c(=O)n2[C@@H]1c1ccc(Cl)cc1. The molecule has 13 heteroatoms. The fourth-order valence-corrected chi connectivity index (χ4v) is 6.44. The largest absolute Gasteiger partial charge is 0.457 e. The van der Waals surface area contributed by atoms with Crippen molar-refractivity contribution in [3.8, 4) is 11.3 Å². The van der Waals surface area contributed by atoms with Crippen molar-refractivity contribution in [3.05, 3.63) is 116 Å². The zero-order chi connectivity index (χ0) is 30.3. The molecule has 5 rings (SSSR count). The first-order valence-electron chi connectivity index (χ1n) is 12.8. The number of carbonyl (C=O) groups excluding carboxylic acids is 1. The van der Waals surface area contributed by atoms with Crippen LogP contribution in [0.4, 0.5) is 5.69 Å². The molecule has 0 spiro atoms. The number of nitrogens with zero attached hydrogens (tertiary/aromatic N) is 4. The topological polar surface area (TPSA) is 111 Å². The molecule has 42 heavy (non-hydrogen) atoms. The standard InChI is InChI=1S/C29H23Cl3N4O5S/c1-4-34(5-2)28(38)25-15(3)33-29-35(26(25)16-6-8-17(30)9-7-16)27(37)24(42-29)12-18-10-11-23(41-18)19-13-21(32)22(36(39)40)14-20(19)31/h6-14,26H,4-5H2,1-3H3/b24-12+/t26-/m1/s1. The number of hydrogen-bond acceptors (Lipinski definition) is 7. The second-order valence-electron chi connectivity index (χ2n) is 9.35. The van der Waals surface area contributed by atoms with Crippen LogP contribution in [-0.2, 0) is 4.79 Å². The van der Waals surface area contributed by atoms with E-state index in [-0.39, 0.29) is 27.2 Å². The first kappa shape index (κ1) is 29.8. The maximum Gasteiger partial charge on any atom is 0.289 e. The van der Waals surface area contributed by atoms with Gasteiger partial charge in [-0.25, -0.2) is 4.99 Å². The predicted molar refractivity (Wildman–Crippen MR) is 164 cm³/mol. The Bertz CT molecular complexity index is 1940. The Kier molecular flexibility index (Phi) is 8.43. The number of nitro groups is 1. The Balaban J connectivity index is 1.62. The maximum atomic E-state index is 13.9. The molecular weight excluding hydrogens is 623 g/mol. The lowest BCUT2D eigenvalue weighted by Gasteiger charge is -2.29. The van der Waals surface area contributed by atoms with E-state index in [1.807, 2.05) is 13.8 Å². The lowest BCUT2D eigenvalue weighted by molar-refractivity contribution is -0.384. The molecule has 216 valence electrons. The number of nitro benzene ring substituents is 1. The van der Waals surface area contributed by atoms with Gasteiger partial charge in [-0.15, -0.1) is 0 Å². The van der Waals surface area contributed by atoms with Crippen molar-refractivity contribution in [1.82, 2.24) is 9.47 Å². The van der Waals surface area contributed by atoms with Crippen LogP contribution in [0.15, 0.2) is 74.0 Å². The molecule has 0 bridgehead atoms. The molecule has 9 nitrogen and oxygen atoms in total. The Morgan fingerprint density at radius 3 is 2.45 bits per heavy atom. The van der Waals surface area contributed by atoms with Gasteiger partial charge in [-0.3, -0.25) is 24.3 Å². The Morgan fingerprint density at radius 2 is 1.81 bits per heavy atom. The number of carbonyl (C=O) groups is 1. The minimum Gasteiger partial charge on any atom is -0.457 e. The molecule has 0 unspecified atom stereocenters. The van der Waals surface area contributed by atoms with E-state index in [1.165, 1.54) is 22.0 Å². The van der Waals surface area contributed by atoms with Crippen LogP contribution in [0.2, 0.25) is 15.1 Å². The van der Waals surface area contributed by atoms with Gasteiger partial charge in [0, 0.05) is 35.8 Å². The number of halogens is 3. The van der Waals surface area contributed by atoms with Gasteiger partial charge in [-0.1, -0.05) is 58.3 Å². The minimum atomic E-state index is -0.706. The first-order chi connectivity index (χ1) is 20.0. The van der Waals surface area contributed by atoms with E-state index < -0.39 is 11.0 Å². The fraction of sp³-hybridized carbons (Fsp3) is 0.207. The van der Waals surface area contributed by atoms with Crippen LogP contribution in [0, 0.1) is 10.1 Å². The van der Waals surface area contributed by atoms with Crippen LogP contribution in [0.5, 0.6) is 0 Å². The third-order valence-electron chi connectivity index (χ3n) is 6.89. The third kappa shape index (κ3) is 5.43. The van der Waals surface area contributed by atoms with Gasteiger partial charge >= 0.3 is 0 Å². The summed E-state index contributed by atoms with van der Waals surface area (Å²) in [6.45, 7) is 6.59. The Hall–Kier alpha value is -3.70. The molecule has 0 radical (unpaired) electrons.